The summed E-state index contributed by atoms with van der Waals surface area (Å²) in [6.45, 7) is 4.53. The summed E-state index contributed by atoms with van der Waals surface area (Å²) < 4.78 is 73.4. The molecule has 0 spiro atoms. The van der Waals surface area contributed by atoms with Crippen molar-refractivity contribution >= 4 is 17.6 Å². The quantitative estimate of drug-likeness (QED) is 0.287. The first kappa shape index (κ1) is 34.2. The molecule has 1 amide bonds. The van der Waals surface area contributed by atoms with E-state index in [0.29, 0.717) is 18.8 Å². The summed E-state index contributed by atoms with van der Waals surface area (Å²) in [7, 11) is 2.78. The minimum atomic E-state index is -4.97. The minimum Gasteiger partial charge on any atom is -0.478 e. The van der Waals surface area contributed by atoms with Crippen molar-refractivity contribution in [1.82, 2.24) is 4.98 Å². The molecule has 1 aliphatic carbocycles. The van der Waals surface area contributed by atoms with Crippen molar-refractivity contribution < 1.29 is 51.6 Å². The number of amides is 1. The van der Waals surface area contributed by atoms with Crippen LogP contribution in [0, 0.1) is 17.7 Å². The summed E-state index contributed by atoms with van der Waals surface area (Å²) in [6.07, 6.45) is -1.20. The fourth-order valence-electron chi connectivity index (χ4n) is 5.07. The Morgan fingerprint density at radius 2 is 1.67 bits per heavy atom. The largest absolute Gasteiger partial charge is 0.478 e. The molecule has 9 nitrogen and oxygen atoms in total. The highest BCUT2D eigenvalue weighted by Gasteiger charge is 2.39. The van der Waals surface area contributed by atoms with Gasteiger partial charge in [-0.05, 0) is 43.2 Å². The maximum Gasteiger partial charge on any atom is 0.421 e. The van der Waals surface area contributed by atoms with E-state index >= 15 is 4.39 Å². The lowest BCUT2D eigenvalue weighted by molar-refractivity contribution is -0.139. The standard InChI is InChI=1S/C30H38F4N2O7/c1-17-6-8-18(9-7-17)27(38)36(20(14-41-4)15-42-5)24-12-23(31)25(11-21(24)28(39)40)43-26-22(30(32,33)34)10-19(13-35-26)29(2,3)16-37/h10-13,17-18,20,37H,6-9,14-16H2,1-5H3,(H,39,40). The zero-order valence-electron chi connectivity index (χ0n) is 24.8. The SMILES string of the molecule is COCC(COC)N(C(=O)C1CCC(C)CC1)c1cc(F)c(Oc2ncc(C(C)(C)CO)cc2C(F)(F)F)cc1C(=O)O. The third-order valence-corrected chi connectivity index (χ3v) is 7.77. The number of hydrogen-bond acceptors (Lipinski definition) is 7. The fourth-order valence-corrected chi connectivity index (χ4v) is 5.07. The third-order valence-electron chi connectivity index (χ3n) is 7.77. The molecular weight excluding hydrogens is 576 g/mol. The van der Waals surface area contributed by atoms with Crippen molar-refractivity contribution in [3.05, 3.63) is 46.9 Å². The molecule has 0 radical (unpaired) electrons. The van der Waals surface area contributed by atoms with Gasteiger partial charge in [0.25, 0.3) is 0 Å². The van der Waals surface area contributed by atoms with Gasteiger partial charge in [0.2, 0.25) is 11.8 Å². The average Bonchev–Trinajstić information content (AvgIpc) is 2.94. The number of aliphatic hydroxyl groups is 1. The number of benzene rings is 1. The van der Waals surface area contributed by atoms with Crippen LogP contribution in [0.1, 0.15) is 67.9 Å². The number of nitrogens with zero attached hydrogens (tertiary/aromatic N) is 2. The number of carboxylic acids is 1. The number of methoxy groups -OCH3 is 2. The van der Waals surface area contributed by atoms with Gasteiger partial charge in [-0.2, -0.15) is 13.2 Å². The number of anilines is 1. The highest BCUT2D eigenvalue weighted by molar-refractivity contribution is 6.03. The minimum absolute atomic E-state index is 0.0585. The summed E-state index contributed by atoms with van der Waals surface area (Å²) in [4.78, 5) is 31.2. The topological polar surface area (TPSA) is 118 Å². The zero-order chi connectivity index (χ0) is 32.1. The zero-order valence-corrected chi connectivity index (χ0v) is 24.8. The van der Waals surface area contributed by atoms with Crippen LogP contribution in [0.15, 0.2) is 24.4 Å². The molecule has 1 aromatic heterocycles. The number of ether oxygens (including phenoxy) is 3. The molecule has 13 heteroatoms. The molecule has 1 aliphatic rings. The molecule has 43 heavy (non-hydrogen) atoms. The molecule has 0 unspecified atom stereocenters. The van der Waals surface area contributed by atoms with Crippen LogP contribution in [0.3, 0.4) is 0 Å². The number of hydrogen-bond donors (Lipinski definition) is 2. The predicted octanol–water partition coefficient (Wildman–Crippen LogP) is 5.82. The van der Waals surface area contributed by atoms with E-state index in [1.807, 2.05) is 0 Å². The Bertz CT molecular complexity index is 1290. The first-order chi connectivity index (χ1) is 20.1. The Kier molecular flexibility index (Phi) is 11.1. The van der Waals surface area contributed by atoms with Gasteiger partial charge in [-0.15, -0.1) is 0 Å². The first-order valence-corrected chi connectivity index (χ1v) is 13.9. The number of carbonyl (C=O) groups is 2. The van der Waals surface area contributed by atoms with Crippen molar-refractivity contribution in [2.75, 3.05) is 38.9 Å². The lowest BCUT2D eigenvalue weighted by Gasteiger charge is -2.36. The van der Waals surface area contributed by atoms with E-state index < -0.39 is 70.6 Å². The summed E-state index contributed by atoms with van der Waals surface area (Å²) in [5.41, 5.74) is -3.22. The van der Waals surface area contributed by atoms with E-state index in [9.17, 15) is 33.0 Å². The van der Waals surface area contributed by atoms with Crippen LogP contribution in [0.25, 0.3) is 0 Å². The van der Waals surface area contributed by atoms with E-state index in [1.165, 1.54) is 28.1 Å². The van der Waals surface area contributed by atoms with Gasteiger partial charge in [0, 0.05) is 43.9 Å². The van der Waals surface area contributed by atoms with E-state index in [0.717, 1.165) is 42.1 Å². The van der Waals surface area contributed by atoms with Crippen LogP contribution in [-0.4, -0.2) is 67.2 Å². The smallest absolute Gasteiger partial charge is 0.421 e. The molecule has 1 aromatic carbocycles. The van der Waals surface area contributed by atoms with Crippen LogP contribution in [0.5, 0.6) is 11.6 Å². The molecule has 0 bridgehead atoms. The lowest BCUT2D eigenvalue weighted by Crippen LogP contribution is -2.49. The predicted molar refractivity (Wildman–Crippen MR) is 149 cm³/mol. The number of aromatic carboxylic acids is 1. The Morgan fingerprint density at radius 1 is 1.07 bits per heavy atom. The van der Waals surface area contributed by atoms with Gasteiger partial charge in [0.15, 0.2) is 11.6 Å². The maximum absolute atomic E-state index is 15.6. The number of aromatic nitrogens is 1. The first-order valence-electron chi connectivity index (χ1n) is 13.9. The van der Waals surface area contributed by atoms with Crippen molar-refractivity contribution in [2.24, 2.45) is 11.8 Å². The number of halogens is 4. The van der Waals surface area contributed by atoms with E-state index in [2.05, 4.69) is 11.9 Å². The number of aliphatic hydroxyl groups excluding tert-OH is 1. The second-order valence-corrected chi connectivity index (χ2v) is 11.6. The van der Waals surface area contributed by atoms with Gasteiger partial charge in [-0.3, -0.25) is 4.79 Å². The molecule has 0 aliphatic heterocycles. The maximum atomic E-state index is 15.6. The molecule has 0 saturated heterocycles. The molecule has 1 saturated carbocycles. The molecule has 2 N–H and O–H groups in total. The van der Waals surface area contributed by atoms with Crippen molar-refractivity contribution in [3.8, 4) is 11.6 Å². The van der Waals surface area contributed by atoms with Crippen LogP contribution in [0.2, 0.25) is 0 Å². The molecule has 0 atom stereocenters. The Morgan fingerprint density at radius 3 is 2.19 bits per heavy atom. The van der Waals surface area contributed by atoms with Gasteiger partial charge in [0.05, 0.1) is 37.1 Å². The second-order valence-electron chi connectivity index (χ2n) is 11.6. The van der Waals surface area contributed by atoms with Gasteiger partial charge in [-0.25, -0.2) is 14.2 Å². The summed E-state index contributed by atoms with van der Waals surface area (Å²) >= 11 is 0. The van der Waals surface area contributed by atoms with Crippen LogP contribution in [0.4, 0.5) is 23.2 Å². The van der Waals surface area contributed by atoms with Crippen molar-refractivity contribution in [1.29, 1.82) is 0 Å². The summed E-state index contributed by atoms with van der Waals surface area (Å²) in [5, 5.41) is 19.7. The monoisotopic (exact) mass is 614 g/mol. The van der Waals surface area contributed by atoms with Crippen molar-refractivity contribution in [3.63, 3.8) is 0 Å². The molecule has 238 valence electrons. The van der Waals surface area contributed by atoms with Gasteiger partial charge >= 0.3 is 12.1 Å². The molecule has 2 aromatic rings. The Labute approximate surface area is 247 Å². The average molecular weight is 615 g/mol. The van der Waals surface area contributed by atoms with Crippen LogP contribution >= 0.6 is 0 Å². The summed E-state index contributed by atoms with van der Waals surface area (Å²) in [6, 6.07) is 1.41. The lowest BCUT2D eigenvalue weighted by atomic mass is 9.82. The van der Waals surface area contributed by atoms with Gasteiger partial charge < -0.3 is 29.3 Å². The van der Waals surface area contributed by atoms with Gasteiger partial charge in [0.1, 0.15) is 5.56 Å². The van der Waals surface area contributed by atoms with Crippen LogP contribution < -0.4 is 9.64 Å². The highest BCUT2D eigenvalue weighted by atomic mass is 19.4. The molecule has 1 fully saturated rings. The van der Waals surface area contributed by atoms with Crippen molar-refractivity contribution in [2.45, 2.75) is 64.1 Å². The molecule has 3 rings (SSSR count). The number of rotatable bonds is 12. The Hall–Kier alpha value is -3.29. The highest BCUT2D eigenvalue weighted by Crippen LogP contribution is 2.41. The number of carbonyl (C=O) groups excluding carboxylic acids is 1. The van der Waals surface area contributed by atoms with E-state index in [-0.39, 0.29) is 24.5 Å². The molecule has 1 heterocycles. The summed E-state index contributed by atoms with van der Waals surface area (Å²) in [5.74, 6) is -5.06. The van der Waals surface area contributed by atoms with Gasteiger partial charge in [-0.1, -0.05) is 20.8 Å². The second kappa shape index (κ2) is 14.0. The fraction of sp³-hybridized carbons (Fsp3) is 0.567. The van der Waals surface area contributed by atoms with E-state index in [1.54, 1.807) is 0 Å². The van der Waals surface area contributed by atoms with Crippen LogP contribution in [-0.2, 0) is 25.9 Å². The number of carboxylic acid groups (broad SMARTS) is 1. The Balaban J connectivity index is 2.14. The normalized spacial score (nSPS) is 17.7. The molecular formula is C30H38F4N2O7. The third kappa shape index (κ3) is 8.01. The number of pyridine rings is 1. The number of alkyl halides is 3. The van der Waals surface area contributed by atoms with E-state index in [4.69, 9.17) is 14.2 Å².